The molecule has 0 fully saturated rings. The number of ether oxygens (including phenoxy) is 1. The summed E-state index contributed by atoms with van der Waals surface area (Å²) in [4.78, 5) is 12.3. The standard InChI is InChI=1S/C19H25N3O4S/c1-5-26-17-10-8-15(9-11-17)20-13-19(23)21-16-7-6-14(2)18(12-16)27(24,25)22(3)4/h6-12,20H,5,13H2,1-4H3,(H,21,23). The maximum atomic E-state index is 12.4. The van der Waals surface area contributed by atoms with E-state index in [0.717, 1.165) is 15.7 Å². The predicted octanol–water partition coefficient (Wildman–Crippen LogP) is 2.69. The number of nitrogens with zero attached hydrogens (tertiary/aromatic N) is 1. The van der Waals surface area contributed by atoms with E-state index in [-0.39, 0.29) is 17.3 Å². The van der Waals surface area contributed by atoms with Crippen LogP contribution in [0.25, 0.3) is 0 Å². The molecule has 7 nitrogen and oxygen atoms in total. The van der Waals surface area contributed by atoms with Crippen LogP contribution in [0.4, 0.5) is 11.4 Å². The second kappa shape index (κ2) is 8.88. The fourth-order valence-corrected chi connectivity index (χ4v) is 3.52. The molecule has 0 saturated heterocycles. The number of aryl methyl sites for hydroxylation is 1. The van der Waals surface area contributed by atoms with Gasteiger partial charge in [-0.15, -0.1) is 0 Å². The number of sulfonamides is 1. The SMILES string of the molecule is CCOc1ccc(NCC(=O)Nc2ccc(C)c(S(=O)(=O)N(C)C)c2)cc1. The number of amides is 1. The second-order valence-corrected chi connectivity index (χ2v) is 8.25. The Hall–Kier alpha value is -2.58. The minimum Gasteiger partial charge on any atom is -0.494 e. The average Bonchev–Trinajstić information content (AvgIpc) is 2.62. The molecule has 8 heteroatoms. The highest BCUT2D eigenvalue weighted by Crippen LogP contribution is 2.22. The van der Waals surface area contributed by atoms with Gasteiger partial charge in [-0.3, -0.25) is 4.79 Å². The van der Waals surface area contributed by atoms with E-state index in [4.69, 9.17) is 4.74 Å². The summed E-state index contributed by atoms with van der Waals surface area (Å²) in [5, 5.41) is 5.73. The molecule has 1 amide bonds. The van der Waals surface area contributed by atoms with Crippen LogP contribution in [0.15, 0.2) is 47.4 Å². The smallest absolute Gasteiger partial charge is 0.243 e. The molecule has 2 rings (SSSR count). The highest BCUT2D eigenvalue weighted by Gasteiger charge is 2.20. The Labute approximate surface area is 160 Å². The number of anilines is 2. The van der Waals surface area contributed by atoms with E-state index in [1.165, 1.54) is 20.2 Å². The maximum absolute atomic E-state index is 12.4. The maximum Gasteiger partial charge on any atom is 0.243 e. The summed E-state index contributed by atoms with van der Waals surface area (Å²) >= 11 is 0. The monoisotopic (exact) mass is 391 g/mol. The van der Waals surface area contributed by atoms with E-state index in [1.54, 1.807) is 19.1 Å². The Morgan fingerprint density at radius 2 is 1.70 bits per heavy atom. The first kappa shape index (κ1) is 20.7. The number of carbonyl (C=O) groups excluding carboxylic acids is 1. The lowest BCUT2D eigenvalue weighted by molar-refractivity contribution is -0.114. The Bertz CT molecular complexity index is 894. The molecule has 0 saturated carbocycles. The van der Waals surface area contributed by atoms with E-state index < -0.39 is 10.0 Å². The number of benzene rings is 2. The molecule has 2 N–H and O–H groups in total. The number of hydrogen-bond acceptors (Lipinski definition) is 5. The molecule has 0 aliphatic rings. The summed E-state index contributed by atoms with van der Waals surface area (Å²) in [6, 6.07) is 12.1. The summed E-state index contributed by atoms with van der Waals surface area (Å²) in [6.45, 7) is 4.28. The summed E-state index contributed by atoms with van der Waals surface area (Å²) < 4.78 is 31.3. The highest BCUT2D eigenvalue weighted by atomic mass is 32.2. The minimum absolute atomic E-state index is 0.0532. The molecule has 0 radical (unpaired) electrons. The molecule has 27 heavy (non-hydrogen) atoms. The van der Waals surface area contributed by atoms with E-state index >= 15 is 0 Å². The van der Waals surface area contributed by atoms with Crippen LogP contribution in [-0.4, -0.2) is 45.9 Å². The van der Waals surface area contributed by atoms with Gasteiger partial charge in [-0.05, 0) is 55.8 Å². The van der Waals surface area contributed by atoms with Gasteiger partial charge in [0.25, 0.3) is 0 Å². The van der Waals surface area contributed by atoms with Crippen LogP contribution >= 0.6 is 0 Å². The zero-order chi connectivity index (χ0) is 20.0. The molecule has 2 aromatic rings. The molecule has 0 unspecified atom stereocenters. The van der Waals surface area contributed by atoms with Crippen molar-refractivity contribution in [3.8, 4) is 5.75 Å². The van der Waals surface area contributed by atoms with Gasteiger partial charge < -0.3 is 15.4 Å². The lowest BCUT2D eigenvalue weighted by Crippen LogP contribution is -2.24. The van der Waals surface area contributed by atoms with Crippen LogP contribution in [0.3, 0.4) is 0 Å². The van der Waals surface area contributed by atoms with Crippen molar-refractivity contribution >= 4 is 27.3 Å². The number of rotatable bonds is 8. The zero-order valence-electron chi connectivity index (χ0n) is 15.9. The van der Waals surface area contributed by atoms with Gasteiger partial charge in [-0.2, -0.15) is 0 Å². The summed E-state index contributed by atoms with van der Waals surface area (Å²) in [7, 11) is -0.630. The van der Waals surface area contributed by atoms with Crippen molar-refractivity contribution in [1.82, 2.24) is 4.31 Å². The molecule has 0 aliphatic heterocycles. The third-order valence-electron chi connectivity index (χ3n) is 3.85. The molecule has 0 aromatic heterocycles. The third kappa shape index (κ3) is 5.45. The Balaban J connectivity index is 2.01. The van der Waals surface area contributed by atoms with Crippen molar-refractivity contribution in [2.45, 2.75) is 18.7 Å². The van der Waals surface area contributed by atoms with Crippen molar-refractivity contribution in [1.29, 1.82) is 0 Å². The molecular weight excluding hydrogens is 366 g/mol. The first-order valence-corrected chi connectivity index (χ1v) is 9.98. The topological polar surface area (TPSA) is 87.7 Å². The highest BCUT2D eigenvalue weighted by molar-refractivity contribution is 7.89. The Morgan fingerprint density at radius 1 is 1.07 bits per heavy atom. The fraction of sp³-hybridized carbons (Fsp3) is 0.316. The average molecular weight is 391 g/mol. The Kier molecular flexibility index (Phi) is 6.81. The van der Waals surface area contributed by atoms with E-state index in [0.29, 0.717) is 17.9 Å². The molecule has 0 heterocycles. The molecule has 0 aliphatic carbocycles. The van der Waals surface area contributed by atoms with Gasteiger partial charge in [0.15, 0.2) is 0 Å². The van der Waals surface area contributed by atoms with Crippen molar-refractivity contribution in [2.24, 2.45) is 0 Å². The van der Waals surface area contributed by atoms with E-state index in [9.17, 15) is 13.2 Å². The van der Waals surface area contributed by atoms with Gasteiger partial charge in [0.2, 0.25) is 15.9 Å². The molecule has 146 valence electrons. The van der Waals surface area contributed by atoms with Gasteiger partial charge in [0.05, 0.1) is 18.0 Å². The first-order valence-electron chi connectivity index (χ1n) is 8.53. The second-order valence-electron chi connectivity index (χ2n) is 6.13. The van der Waals surface area contributed by atoms with Gasteiger partial charge in [-0.1, -0.05) is 6.07 Å². The number of hydrogen-bond donors (Lipinski definition) is 2. The molecule has 0 atom stereocenters. The van der Waals surface area contributed by atoms with Crippen molar-refractivity contribution < 1.29 is 17.9 Å². The van der Waals surface area contributed by atoms with Crippen molar-refractivity contribution in [2.75, 3.05) is 37.9 Å². The minimum atomic E-state index is -3.58. The lowest BCUT2D eigenvalue weighted by atomic mass is 10.2. The largest absolute Gasteiger partial charge is 0.494 e. The van der Waals surface area contributed by atoms with Gasteiger partial charge >= 0.3 is 0 Å². The predicted molar refractivity (Wildman–Crippen MR) is 107 cm³/mol. The molecule has 2 aromatic carbocycles. The van der Waals surface area contributed by atoms with Crippen LogP contribution < -0.4 is 15.4 Å². The molecule has 0 spiro atoms. The van der Waals surface area contributed by atoms with Crippen LogP contribution in [0.5, 0.6) is 5.75 Å². The number of carbonyl (C=O) groups is 1. The van der Waals surface area contributed by atoms with Gasteiger partial charge in [0.1, 0.15) is 5.75 Å². The van der Waals surface area contributed by atoms with Crippen LogP contribution in [0, 0.1) is 6.92 Å². The van der Waals surface area contributed by atoms with Crippen molar-refractivity contribution in [3.05, 3.63) is 48.0 Å². The fourth-order valence-electron chi connectivity index (χ4n) is 2.38. The van der Waals surface area contributed by atoms with Crippen LogP contribution in [0.2, 0.25) is 0 Å². The third-order valence-corrected chi connectivity index (χ3v) is 5.81. The van der Waals surface area contributed by atoms with Gasteiger partial charge in [0, 0.05) is 25.5 Å². The lowest BCUT2D eigenvalue weighted by Gasteiger charge is -2.15. The summed E-state index contributed by atoms with van der Waals surface area (Å²) in [6.07, 6.45) is 0. The van der Waals surface area contributed by atoms with E-state index in [1.807, 2.05) is 31.2 Å². The molecular formula is C19H25N3O4S. The first-order chi connectivity index (χ1) is 12.7. The zero-order valence-corrected chi connectivity index (χ0v) is 16.8. The van der Waals surface area contributed by atoms with Crippen molar-refractivity contribution in [3.63, 3.8) is 0 Å². The Morgan fingerprint density at radius 3 is 2.30 bits per heavy atom. The summed E-state index contributed by atoms with van der Waals surface area (Å²) in [5.41, 5.74) is 1.84. The van der Waals surface area contributed by atoms with E-state index in [2.05, 4.69) is 10.6 Å². The molecule has 0 bridgehead atoms. The van der Waals surface area contributed by atoms with Gasteiger partial charge in [-0.25, -0.2) is 12.7 Å². The van der Waals surface area contributed by atoms with Crippen LogP contribution in [-0.2, 0) is 14.8 Å². The quantitative estimate of drug-likeness (QED) is 0.722. The summed E-state index contributed by atoms with van der Waals surface area (Å²) in [5.74, 6) is 0.489. The number of nitrogens with one attached hydrogen (secondary N) is 2. The normalized spacial score (nSPS) is 11.3. The van der Waals surface area contributed by atoms with Crippen LogP contribution in [0.1, 0.15) is 12.5 Å².